The van der Waals surface area contributed by atoms with Gasteiger partial charge >= 0.3 is 0 Å². The molecule has 0 aliphatic heterocycles. The molecule has 0 spiro atoms. The van der Waals surface area contributed by atoms with Crippen LogP contribution in [0.25, 0.3) is 33.5 Å². The van der Waals surface area contributed by atoms with Crippen LogP contribution in [0.2, 0.25) is 0 Å². The standard InChI is InChI=1S/C25H19BrN4S/c1-30-24(28-29-25(30)31-16-17-8-7-11-19(26)14-17)21-15-23(18-9-3-2-4-10-18)27-22-13-6-5-12-20(21)22/h2-15H,16H2,1H3. The number of thioether (sulfide) groups is 1. The van der Waals surface area contributed by atoms with Crippen molar-refractivity contribution in [2.45, 2.75) is 10.9 Å². The first-order chi connectivity index (χ1) is 15.2. The third-order valence-electron chi connectivity index (χ3n) is 5.12. The fourth-order valence-electron chi connectivity index (χ4n) is 3.57. The summed E-state index contributed by atoms with van der Waals surface area (Å²) in [4.78, 5) is 4.89. The highest BCUT2D eigenvalue weighted by molar-refractivity contribution is 9.10. The van der Waals surface area contributed by atoms with Gasteiger partial charge < -0.3 is 4.57 Å². The van der Waals surface area contributed by atoms with E-state index < -0.39 is 0 Å². The minimum absolute atomic E-state index is 0.831. The van der Waals surface area contributed by atoms with Gasteiger partial charge in [-0.2, -0.15) is 0 Å². The fraction of sp³-hybridized carbons (Fsp3) is 0.0800. The summed E-state index contributed by atoms with van der Waals surface area (Å²) in [6, 6.07) is 28.9. The molecule has 0 N–H and O–H groups in total. The molecule has 2 aromatic heterocycles. The molecular formula is C25H19BrN4S. The Hall–Kier alpha value is -2.96. The van der Waals surface area contributed by atoms with Crippen molar-refractivity contribution in [3.63, 3.8) is 0 Å². The molecule has 0 amide bonds. The lowest BCUT2D eigenvalue weighted by molar-refractivity contribution is 0.794. The van der Waals surface area contributed by atoms with E-state index in [0.717, 1.165) is 48.9 Å². The Labute approximate surface area is 193 Å². The van der Waals surface area contributed by atoms with Gasteiger partial charge in [0.1, 0.15) is 0 Å². The molecule has 0 radical (unpaired) electrons. The SMILES string of the molecule is Cn1c(SCc2cccc(Br)c2)nnc1-c1cc(-c2ccccc2)nc2ccccc12. The molecule has 0 saturated heterocycles. The molecule has 2 heterocycles. The molecule has 31 heavy (non-hydrogen) atoms. The Morgan fingerprint density at radius 2 is 1.68 bits per heavy atom. The highest BCUT2D eigenvalue weighted by Crippen LogP contribution is 2.33. The number of hydrogen-bond donors (Lipinski definition) is 0. The van der Waals surface area contributed by atoms with Gasteiger partial charge in [0.05, 0.1) is 11.2 Å². The van der Waals surface area contributed by atoms with Crippen molar-refractivity contribution in [3.8, 4) is 22.6 Å². The van der Waals surface area contributed by atoms with Crippen molar-refractivity contribution in [1.82, 2.24) is 19.7 Å². The van der Waals surface area contributed by atoms with Crippen LogP contribution in [0.5, 0.6) is 0 Å². The predicted molar refractivity (Wildman–Crippen MR) is 131 cm³/mol. The number of fused-ring (bicyclic) bond motifs is 1. The first-order valence-electron chi connectivity index (χ1n) is 9.91. The minimum atomic E-state index is 0.831. The van der Waals surface area contributed by atoms with Gasteiger partial charge in [-0.1, -0.05) is 88.4 Å². The van der Waals surface area contributed by atoms with Crippen LogP contribution < -0.4 is 0 Å². The molecule has 0 saturated carbocycles. The van der Waals surface area contributed by atoms with Crippen molar-refractivity contribution < 1.29 is 0 Å². The van der Waals surface area contributed by atoms with Crippen molar-refractivity contribution in [2.24, 2.45) is 7.05 Å². The third kappa shape index (κ3) is 4.13. The topological polar surface area (TPSA) is 43.6 Å². The fourth-order valence-corrected chi connectivity index (χ4v) is 4.87. The number of aromatic nitrogens is 4. The number of rotatable bonds is 5. The van der Waals surface area contributed by atoms with Gasteiger partial charge in [-0.05, 0) is 29.8 Å². The largest absolute Gasteiger partial charge is 0.305 e. The van der Waals surface area contributed by atoms with Crippen LogP contribution in [0.15, 0.2) is 94.6 Å². The number of pyridine rings is 1. The zero-order valence-electron chi connectivity index (χ0n) is 16.9. The Kier molecular flexibility index (Phi) is 5.57. The lowest BCUT2D eigenvalue weighted by Gasteiger charge is -2.10. The predicted octanol–water partition coefficient (Wildman–Crippen LogP) is 6.75. The number of nitrogens with zero attached hydrogens (tertiary/aromatic N) is 4. The minimum Gasteiger partial charge on any atom is -0.305 e. The van der Waals surface area contributed by atoms with Gasteiger partial charge in [-0.25, -0.2) is 4.98 Å². The van der Waals surface area contributed by atoms with E-state index >= 15 is 0 Å². The van der Waals surface area contributed by atoms with E-state index in [1.165, 1.54) is 5.56 Å². The van der Waals surface area contributed by atoms with Crippen LogP contribution in [0.1, 0.15) is 5.56 Å². The van der Waals surface area contributed by atoms with Crippen LogP contribution in [-0.2, 0) is 12.8 Å². The number of benzene rings is 3. The summed E-state index contributed by atoms with van der Waals surface area (Å²) in [5.41, 5.74) is 5.24. The molecule has 5 rings (SSSR count). The second-order valence-electron chi connectivity index (χ2n) is 7.22. The zero-order valence-corrected chi connectivity index (χ0v) is 19.3. The molecule has 4 nitrogen and oxygen atoms in total. The van der Waals surface area contributed by atoms with Crippen LogP contribution in [0.3, 0.4) is 0 Å². The maximum absolute atomic E-state index is 4.89. The maximum atomic E-state index is 4.89. The lowest BCUT2D eigenvalue weighted by Crippen LogP contribution is -1.97. The highest BCUT2D eigenvalue weighted by Gasteiger charge is 2.16. The molecule has 152 valence electrons. The van der Waals surface area contributed by atoms with Gasteiger partial charge in [0.25, 0.3) is 0 Å². The second-order valence-corrected chi connectivity index (χ2v) is 9.08. The Bertz CT molecular complexity index is 1360. The number of hydrogen-bond acceptors (Lipinski definition) is 4. The van der Waals surface area contributed by atoms with Crippen molar-refractivity contribution in [3.05, 3.63) is 95.0 Å². The summed E-state index contributed by atoms with van der Waals surface area (Å²) in [5.74, 6) is 1.67. The molecule has 0 atom stereocenters. The van der Waals surface area contributed by atoms with E-state index in [1.54, 1.807) is 11.8 Å². The molecule has 5 aromatic rings. The van der Waals surface area contributed by atoms with E-state index in [0.29, 0.717) is 0 Å². The Morgan fingerprint density at radius 3 is 2.52 bits per heavy atom. The van der Waals surface area contributed by atoms with Crippen molar-refractivity contribution >= 4 is 38.6 Å². The number of halogens is 1. The van der Waals surface area contributed by atoms with Crippen molar-refractivity contribution in [1.29, 1.82) is 0 Å². The summed E-state index contributed by atoms with van der Waals surface area (Å²) in [5, 5.41) is 11.0. The first-order valence-corrected chi connectivity index (χ1v) is 11.7. The third-order valence-corrected chi connectivity index (χ3v) is 6.70. The van der Waals surface area contributed by atoms with Crippen LogP contribution in [-0.4, -0.2) is 19.7 Å². The normalized spacial score (nSPS) is 11.2. The van der Waals surface area contributed by atoms with Gasteiger partial charge in [0, 0.05) is 33.8 Å². The van der Waals surface area contributed by atoms with Crippen molar-refractivity contribution in [2.75, 3.05) is 0 Å². The summed E-state index contributed by atoms with van der Waals surface area (Å²) < 4.78 is 3.15. The average Bonchev–Trinajstić information content (AvgIpc) is 3.17. The molecule has 0 aliphatic carbocycles. The monoisotopic (exact) mass is 486 g/mol. The van der Waals surface area contributed by atoms with E-state index in [2.05, 4.69) is 73.2 Å². The Morgan fingerprint density at radius 1 is 0.871 bits per heavy atom. The first kappa shape index (κ1) is 20.0. The van der Waals surface area contributed by atoms with Gasteiger partial charge in [0.2, 0.25) is 0 Å². The van der Waals surface area contributed by atoms with Crippen LogP contribution >= 0.6 is 27.7 Å². The van der Waals surface area contributed by atoms with E-state index in [9.17, 15) is 0 Å². The molecule has 6 heteroatoms. The summed E-state index contributed by atoms with van der Waals surface area (Å²) in [6.45, 7) is 0. The molecular weight excluding hydrogens is 468 g/mol. The van der Waals surface area contributed by atoms with Crippen LogP contribution in [0, 0.1) is 0 Å². The maximum Gasteiger partial charge on any atom is 0.191 e. The van der Waals surface area contributed by atoms with E-state index in [-0.39, 0.29) is 0 Å². The van der Waals surface area contributed by atoms with Crippen LogP contribution in [0.4, 0.5) is 0 Å². The van der Waals surface area contributed by atoms with E-state index in [1.807, 2.05) is 49.5 Å². The summed E-state index contributed by atoms with van der Waals surface area (Å²) in [7, 11) is 2.02. The van der Waals surface area contributed by atoms with Gasteiger partial charge in [-0.3, -0.25) is 0 Å². The molecule has 3 aromatic carbocycles. The quantitative estimate of drug-likeness (QED) is 0.257. The number of para-hydroxylation sites is 1. The highest BCUT2D eigenvalue weighted by atomic mass is 79.9. The molecule has 0 bridgehead atoms. The average molecular weight is 487 g/mol. The van der Waals surface area contributed by atoms with E-state index in [4.69, 9.17) is 4.98 Å². The Balaban J connectivity index is 1.55. The summed E-state index contributed by atoms with van der Waals surface area (Å²) >= 11 is 5.22. The molecule has 0 unspecified atom stereocenters. The smallest absolute Gasteiger partial charge is 0.191 e. The lowest BCUT2D eigenvalue weighted by atomic mass is 10.0. The molecule has 0 aliphatic rings. The summed E-state index contributed by atoms with van der Waals surface area (Å²) in [6.07, 6.45) is 0. The van der Waals surface area contributed by atoms with Gasteiger partial charge in [0.15, 0.2) is 11.0 Å². The van der Waals surface area contributed by atoms with Gasteiger partial charge in [-0.15, -0.1) is 10.2 Å². The second kappa shape index (κ2) is 8.65. The molecule has 0 fully saturated rings. The zero-order chi connectivity index (χ0) is 21.2.